The molecule has 2 fully saturated rings. The van der Waals surface area contributed by atoms with Crippen LogP contribution >= 0.6 is 23.2 Å². The van der Waals surface area contributed by atoms with E-state index in [9.17, 15) is 5.11 Å². The van der Waals surface area contributed by atoms with Gasteiger partial charge >= 0.3 is 0 Å². The first-order valence-electron chi connectivity index (χ1n) is 10.7. The summed E-state index contributed by atoms with van der Waals surface area (Å²) in [6.45, 7) is 4.95. The molecule has 2 aliphatic heterocycles. The van der Waals surface area contributed by atoms with Gasteiger partial charge in [-0.2, -0.15) is 0 Å². The Hall–Kier alpha value is -1.10. The number of piperidine rings is 2. The summed E-state index contributed by atoms with van der Waals surface area (Å²) >= 11 is 12.5. The first-order valence-corrected chi connectivity index (χ1v) is 11.4. The quantitative estimate of drug-likeness (QED) is 0.698. The Kier molecular flexibility index (Phi) is 6.53. The van der Waals surface area contributed by atoms with E-state index in [2.05, 4.69) is 22.3 Å². The molecule has 0 spiro atoms. The molecule has 3 nitrogen and oxygen atoms in total. The first kappa shape index (κ1) is 21.1. The fourth-order valence-electron chi connectivity index (χ4n) is 4.95. The van der Waals surface area contributed by atoms with E-state index < -0.39 is 5.60 Å². The number of halogens is 2. The third kappa shape index (κ3) is 4.65. The van der Waals surface area contributed by atoms with Crippen molar-refractivity contribution in [2.45, 2.75) is 43.1 Å². The molecule has 2 saturated heterocycles. The second-order valence-corrected chi connectivity index (χ2v) is 9.49. The summed E-state index contributed by atoms with van der Waals surface area (Å²) in [5.41, 5.74) is 1.74. The van der Waals surface area contributed by atoms with E-state index in [0.717, 1.165) is 57.5 Å². The van der Waals surface area contributed by atoms with E-state index in [1.807, 2.05) is 36.4 Å². The Labute approximate surface area is 184 Å². The monoisotopic (exact) mass is 432 g/mol. The van der Waals surface area contributed by atoms with Crippen molar-refractivity contribution < 1.29 is 5.11 Å². The zero-order valence-corrected chi connectivity index (χ0v) is 18.4. The summed E-state index contributed by atoms with van der Waals surface area (Å²) in [6, 6.07) is 16.2. The van der Waals surface area contributed by atoms with Gasteiger partial charge in [-0.15, -0.1) is 0 Å². The summed E-state index contributed by atoms with van der Waals surface area (Å²) in [5.74, 6) is 0. The molecule has 1 unspecified atom stereocenters. The fraction of sp³-hybridized carbons (Fsp3) is 0.500. The minimum absolute atomic E-state index is 0.0969. The standard InChI is InChI=1S/C24H30Cl2N2O/c25-21-8-7-20(17-22(21)26)23(9-4-13-27-18-23)10-14-28-15-11-24(29,12-16-28)19-5-2-1-3-6-19/h1-3,5-8,17,27,29H,4,9-16,18H2. The number of hydrogen-bond donors (Lipinski definition) is 2. The van der Waals surface area contributed by atoms with Crippen LogP contribution < -0.4 is 5.32 Å². The van der Waals surface area contributed by atoms with Crippen LogP contribution in [-0.4, -0.2) is 42.7 Å². The first-order chi connectivity index (χ1) is 14.0. The van der Waals surface area contributed by atoms with Gasteiger partial charge in [0.25, 0.3) is 0 Å². The topological polar surface area (TPSA) is 35.5 Å². The predicted molar refractivity (Wildman–Crippen MR) is 121 cm³/mol. The van der Waals surface area contributed by atoms with Crippen LogP contribution in [-0.2, 0) is 11.0 Å². The van der Waals surface area contributed by atoms with Crippen molar-refractivity contribution in [3.63, 3.8) is 0 Å². The Balaban J connectivity index is 1.42. The SMILES string of the molecule is OC1(c2ccccc2)CCN(CCC2(c3ccc(Cl)c(Cl)c3)CCCNC2)CC1. The van der Waals surface area contributed by atoms with Crippen LogP contribution in [0.25, 0.3) is 0 Å². The molecular formula is C24H30Cl2N2O. The molecule has 0 amide bonds. The summed E-state index contributed by atoms with van der Waals surface area (Å²) in [4.78, 5) is 2.51. The van der Waals surface area contributed by atoms with Gasteiger partial charge in [0.1, 0.15) is 0 Å². The van der Waals surface area contributed by atoms with Gasteiger partial charge in [-0.1, -0.05) is 59.6 Å². The summed E-state index contributed by atoms with van der Waals surface area (Å²) in [5, 5.41) is 15.9. The van der Waals surface area contributed by atoms with Gasteiger partial charge in [-0.3, -0.25) is 0 Å². The van der Waals surface area contributed by atoms with Crippen LogP contribution in [0.2, 0.25) is 10.0 Å². The Morgan fingerprint density at radius 2 is 1.69 bits per heavy atom. The maximum absolute atomic E-state index is 11.1. The normalized spacial score (nSPS) is 25.1. The lowest BCUT2D eigenvalue weighted by Gasteiger charge is -2.42. The Morgan fingerprint density at radius 3 is 2.34 bits per heavy atom. The van der Waals surface area contributed by atoms with Crippen molar-refractivity contribution >= 4 is 23.2 Å². The lowest BCUT2D eigenvalue weighted by molar-refractivity contribution is -0.0273. The number of nitrogens with one attached hydrogen (secondary N) is 1. The zero-order chi connectivity index (χ0) is 20.3. The molecule has 29 heavy (non-hydrogen) atoms. The number of benzene rings is 2. The van der Waals surface area contributed by atoms with Gasteiger partial charge in [-0.05, 0) is 68.5 Å². The summed E-state index contributed by atoms with van der Waals surface area (Å²) in [6.07, 6.45) is 5.00. The lowest BCUT2D eigenvalue weighted by atomic mass is 9.72. The van der Waals surface area contributed by atoms with Crippen molar-refractivity contribution in [3.05, 3.63) is 69.7 Å². The second kappa shape index (κ2) is 8.95. The van der Waals surface area contributed by atoms with E-state index in [1.54, 1.807) is 0 Å². The van der Waals surface area contributed by atoms with Crippen molar-refractivity contribution in [2.24, 2.45) is 0 Å². The average Bonchev–Trinajstić information content (AvgIpc) is 2.76. The van der Waals surface area contributed by atoms with Crippen LogP contribution in [0.15, 0.2) is 48.5 Å². The van der Waals surface area contributed by atoms with E-state index >= 15 is 0 Å². The maximum Gasteiger partial charge on any atom is 0.0920 e. The van der Waals surface area contributed by atoms with E-state index in [1.165, 1.54) is 18.4 Å². The molecule has 0 saturated carbocycles. The molecule has 4 rings (SSSR count). The van der Waals surface area contributed by atoms with Gasteiger partial charge in [0.05, 0.1) is 15.6 Å². The third-order valence-electron chi connectivity index (χ3n) is 6.91. The highest BCUT2D eigenvalue weighted by Gasteiger charge is 2.37. The molecule has 2 aromatic carbocycles. The number of aliphatic hydroxyl groups is 1. The molecule has 2 N–H and O–H groups in total. The maximum atomic E-state index is 11.1. The summed E-state index contributed by atoms with van der Waals surface area (Å²) in [7, 11) is 0. The molecule has 0 radical (unpaired) electrons. The van der Waals surface area contributed by atoms with Crippen LogP contribution in [0.4, 0.5) is 0 Å². The van der Waals surface area contributed by atoms with Crippen LogP contribution in [0.5, 0.6) is 0 Å². The van der Waals surface area contributed by atoms with E-state index in [4.69, 9.17) is 23.2 Å². The highest BCUT2D eigenvalue weighted by molar-refractivity contribution is 6.42. The minimum Gasteiger partial charge on any atom is -0.385 e. The van der Waals surface area contributed by atoms with Crippen LogP contribution in [0.1, 0.15) is 43.2 Å². The molecular weight excluding hydrogens is 403 g/mol. The number of hydrogen-bond acceptors (Lipinski definition) is 3. The van der Waals surface area contributed by atoms with Gasteiger partial charge < -0.3 is 15.3 Å². The zero-order valence-electron chi connectivity index (χ0n) is 16.8. The fourth-order valence-corrected chi connectivity index (χ4v) is 5.25. The largest absolute Gasteiger partial charge is 0.385 e. The smallest absolute Gasteiger partial charge is 0.0920 e. The Morgan fingerprint density at radius 1 is 0.931 bits per heavy atom. The molecule has 0 aromatic heterocycles. The molecule has 1 atom stereocenters. The van der Waals surface area contributed by atoms with Gasteiger partial charge in [0.15, 0.2) is 0 Å². The third-order valence-corrected chi connectivity index (χ3v) is 7.64. The van der Waals surface area contributed by atoms with E-state index in [0.29, 0.717) is 10.0 Å². The molecule has 2 aromatic rings. The second-order valence-electron chi connectivity index (χ2n) is 8.68. The highest BCUT2D eigenvalue weighted by atomic mass is 35.5. The summed E-state index contributed by atoms with van der Waals surface area (Å²) < 4.78 is 0. The van der Waals surface area contributed by atoms with Gasteiger partial charge in [0.2, 0.25) is 0 Å². The molecule has 0 bridgehead atoms. The van der Waals surface area contributed by atoms with Crippen molar-refractivity contribution in [1.29, 1.82) is 0 Å². The van der Waals surface area contributed by atoms with Crippen molar-refractivity contribution in [2.75, 3.05) is 32.7 Å². The molecule has 156 valence electrons. The lowest BCUT2D eigenvalue weighted by Crippen LogP contribution is -2.47. The van der Waals surface area contributed by atoms with Crippen molar-refractivity contribution in [3.8, 4) is 0 Å². The Bertz CT molecular complexity index is 813. The van der Waals surface area contributed by atoms with Crippen molar-refractivity contribution in [1.82, 2.24) is 10.2 Å². The number of likely N-dealkylation sites (tertiary alicyclic amines) is 1. The van der Waals surface area contributed by atoms with Crippen LogP contribution in [0.3, 0.4) is 0 Å². The molecule has 5 heteroatoms. The molecule has 2 aliphatic rings. The molecule has 0 aliphatic carbocycles. The molecule has 2 heterocycles. The van der Waals surface area contributed by atoms with Gasteiger partial charge in [0, 0.05) is 25.0 Å². The number of rotatable bonds is 5. The minimum atomic E-state index is -0.689. The van der Waals surface area contributed by atoms with E-state index in [-0.39, 0.29) is 5.41 Å². The van der Waals surface area contributed by atoms with Crippen LogP contribution in [0, 0.1) is 0 Å². The average molecular weight is 433 g/mol. The van der Waals surface area contributed by atoms with Gasteiger partial charge in [-0.25, -0.2) is 0 Å². The predicted octanol–water partition coefficient (Wildman–Crippen LogP) is 4.99. The number of nitrogens with zero attached hydrogens (tertiary/aromatic N) is 1. The highest BCUT2D eigenvalue weighted by Crippen LogP contribution is 2.39.